The van der Waals surface area contributed by atoms with Gasteiger partial charge in [0, 0.05) is 7.05 Å². The second kappa shape index (κ2) is 2.78. The molecule has 4 heteroatoms. The molecule has 5 heavy (non-hydrogen) atoms. The van der Waals surface area contributed by atoms with Crippen LogP contribution in [-0.2, 0) is 10.6 Å². The highest BCUT2D eigenvalue weighted by atomic mass is 35.7. The minimum atomic E-state index is -1.35. The molecule has 0 spiro atoms. The molecular formula is CH4ClNOS. The van der Waals surface area contributed by atoms with Crippen molar-refractivity contribution in [2.75, 3.05) is 7.05 Å². The lowest BCUT2D eigenvalue weighted by Crippen LogP contribution is -2.09. The van der Waals surface area contributed by atoms with E-state index in [9.17, 15) is 4.55 Å². The molecule has 1 unspecified atom stereocenters. The molecule has 0 aromatic heterocycles. The quantitative estimate of drug-likeness (QED) is 0.487. The van der Waals surface area contributed by atoms with Crippen LogP contribution in [0.15, 0.2) is 0 Å². The van der Waals surface area contributed by atoms with Gasteiger partial charge in [0.1, 0.15) is 0 Å². The summed E-state index contributed by atoms with van der Waals surface area (Å²) >= 11 is 0. The summed E-state index contributed by atoms with van der Waals surface area (Å²) in [5.41, 5.74) is 0. The van der Waals surface area contributed by atoms with E-state index in [2.05, 4.69) is 4.72 Å². The molecular weight excluding hydrogens is 110 g/mol. The average molecular weight is 114 g/mol. The van der Waals surface area contributed by atoms with Gasteiger partial charge in [0.15, 0.2) is 21.3 Å². The van der Waals surface area contributed by atoms with Crippen molar-refractivity contribution in [3.63, 3.8) is 0 Å². The molecule has 0 amide bonds. The molecule has 0 aliphatic rings. The molecule has 32 valence electrons. The van der Waals surface area contributed by atoms with E-state index < -0.39 is 10.6 Å². The van der Waals surface area contributed by atoms with Gasteiger partial charge < -0.3 is 4.55 Å². The Morgan fingerprint density at radius 2 is 2.20 bits per heavy atom. The van der Waals surface area contributed by atoms with Crippen molar-refractivity contribution in [1.29, 1.82) is 0 Å². The second-order valence-corrected chi connectivity index (χ2v) is 2.12. The summed E-state index contributed by atoms with van der Waals surface area (Å²) in [5.74, 6) is 0. The monoisotopic (exact) mass is 113 g/mol. The fourth-order valence-electron chi connectivity index (χ4n) is 0. The molecule has 0 aromatic carbocycles. The summed E-state index contributed by atoms with van der Waals surface area (Å²) < 4.78 is 11.8. The molecule has 0 rings (SSSR count). The Bertz CT molecular complexity index is 25.6. The van der Waals surface area contributed by atoms with Gasteiger partial charge in [-0.2, -0.15) is 0 Å². The Morgan fingerprint density at radius 3 is 2.20 bits per heavy atom. The van der Waals surface area contributed by atoms with Crippen LogP contribution in [0.2, 0.25) is 0 Å². The molecule has 0 aliphatic carbocycles. The maximum atomic E-state index is 9.58. The maximum absolute atomic E-state index is 9.58. The lowest BCUT2D eigenvalue weighted by atomic mass is 11.6. The van der Waals surface area contributed by atoms with Crippen molar-refractivity contribution < 1.29 is 4.55 Å². The smallest absolute Gasteiger partial charge is 0.199 e. The van der Waals surface area contributed by atoms with E-state index in [0.717, 1.165) is 0 Å². The third-order valence-electron chi connectivity index (χ3n) is 0.160. The highest BCUT2D eigenvalue weighted by Crippen LogP contribution is 1.83. The van der Waals surface area contributed by atoms with Crippen molar-refractivity contribution in [3.05, 3.63) is 0 Å². The van der Waals surface area contributed by atoms with Crippen LogP contribution in [0, 0.1) is 0 Å². The van der Waals surface area contributed by atoms with Crippen LogP contribution in [-0.4, -0.2) is 11.6 Å². The molecule has 0 aromatic rings. The van der Waals surface area contributed by atoms with Crippen LogP contribution in [0.25, 0.3) is 0 Å². The summed E-state index contributed by atoms with van der Waals surface area (Å²) in [4.78, 5) is 0. The zero-order valence-corrected chi connectivity index (χ0v) is 4.27. The molecule has 0 heterocycles. The maximum Gasteiger partial charge on any atom is 0.199 e. The molecule has 1 N–H and O–H groups in total. The third-order valence-corrected chi connectivity index (χ3v) is 0.944. The predicted octanol–water partition coefficient (Wildman–Crippen LogP) is 0.0233. The fraction of sp³-hybridized carbons (Fsp3) is 1.00. The van der Waals surface area contributed by atoms with Crippen molar-refractivity contribution in [1.82, 2.24) is 4.72 Å². The lowest BCUT2D eigenvalue weighted by molar-refractivity contribution is 0.601. The average Bonchev–Trinajstić information content (AvgIpc) is 1.38. The van der Waals surface area contributed by atoms with Gasteiger partial charge in [-0.1, -0.05) is 0 Å². The van der Waals surface area contributed by atoms with Crippen molar-refractivity contribution in [2.24, 2.45) is 0 Å². The summed E-state index contributed by atoms with van der Waals surface area (Å²) in [6.45, 7) is 0. The molecule has 1 atom stereocenters. The second-order valence-electron chi connectivity index (χ2n) is 0.428. The Kier molecular flexibility index (Phi) is 3.09. The first-order valence-electron chi connectivity index (χ1n) is 1.03. The minimum Gasteiger partial charge on any atom is -0.580 e. The molecule has 0 fully saturated rings. The Hall–Kier alpha value is 0.560. The van der Waals surface area contributed by atoms with Crippen LogP contribution >= 0.6 is 10.7 Å². The van der Waals surface area contributed by atoms with Crippen molar-refractivity contribution >= 4 is 21.3 Å². The van der Waals surface area contributed by atoms with Crippen LogP contribution in [0.4, 0.5) is 0 Å². The molecule has 0 saturated carbocycles. The van der Waals surface area contributed by atoms with Crippen LogP contribution in [0.3, 0.4) is 0 Å². The Balaban J connectivity index is 2.54. The Labute approximate surface area is 38.3 Å². The van der Waals surface area contributed by atoms with Gasteiger partial charge in [-0.05, 0) is 0 Å². The van der Waals surface area contributed by atoms with E-state index in [1.54, 1.807) is 0 Å². The summed E-state index contributed by atoms with van der Waals surface area (Å²) in [5, 5.41) is 0. The molecule has 0 aliphatic heterocycles. The van der Waals surface area contributed by atoms with Gasteiger partial charge in [0.25, 0.3) is 0 Å². The number of hydrogen-bond donors (Lipinski definition) is 1. The zero-order valence-electron chi connectivity index (χ0n) is 2.69. The lowest BCUT2D eigenvalue weighted by Gasteiger charge is -1.89. The first-order chi connectivity index (χ1) is 2.27. The standard InChI is InChI=1S/CH4ClNOS/c1-3-5(2)4/h3H,1H3. The first kappa shape index (κ1) is 5.56. The highest BCUT2D eigenvalue weighted by Gasteiger charge is 1.86. The summed E-state index contributed by atoms with van der Waals surface area (Å²) in [7, 11) is 4.99. The number of rotatable bonds is 1. The van der Waals surface area contributed by atoms with Gasteiger partial charge >= 0.3 is 0 Å². The Morgan fingerprint density at radius 1 is 2.00 bits per heavy atom. The van der Waals surface area contributed by atoms with Crippen LogP contribution in [0.5, 0.6) is 0 Å². The third kappa shape index (κ3) is 4.56. The topological polar surface area (TPSA) is 35.1 Å². The number of nitrogens with one attached hydrogen (secondary N) is 1. The summed E-state index contributed by atoms with van der Waals surface area (Å²) in [6, 6.07) is 0. The van der Waals surface area contributed by atoms with E-state index in [0.29, 0.717) is 0 Å². The molecule has 0 radical (unpaired) electrons. The SMILES string of the molecule is CN[S+]([O-])Cl. The number of halogens is 1. The fourth-order valence-corrected chi connectivity index (χ4v) is 0. The minimum absolute atomic E-state index is 1.35. The molecule has 0 saturated heterocycles. The summed E-state index contributed by atoms with van der Waals surface area (Å²) in [6.07, 6.45) is 0. The van der Waals surface area contributed by atoms with Gasteiger partial charge in [-0.15, -0.1) is 4.72 Å². The van der Waals surface area contributed by atoms with E-state index in [1.807, 2.05) is 0 Å². The zero-order chi connectivity index (χ0) is 4.28. The van der Waals surface area contributed by atoms with E-state index in [-0.39, 0.29) is 0 Å². The predicted molar refractivity (Wildman–Crippen MR) is 23.1 cm³/mol. The molecule has 2 nitrogen and oxygen atoms in total. The van der Waals surface area contributed by atoms with Gasteiger partial charge in [0.05, 0.1) is 0 Å². The van der Waals surface area contributed by atoms with Gasteiger partial charge in [0.2, 0.25) is 0 Å². The van der Waals surface area contributed by atoms with Crippen LogP contribution in [0.1, 0.15) is 0 Å². The molecule has 0 bridgehead atoms. The van der Waals surface area contributed by atoms with Gasteiger partial charge in [-0.25, -0.2) is 0 Å². The normalized spacial score (nSPS) is 15.0. The first-order valence-corrected chi connectivity index (χ1v) is 3.00. The van der Waals surface area contributed by atoms with Crippen molar-refractivity contribution in [2.45, 2.75) is 0 Å². The van der Waals surface area contributed by atoms with E-state index in [1.165, 1.54) is 7.05 Å². The number of hydrogen-bond acceptors (Lipinski definition) is 2. The van der Waals surface area contributed by atoms with Crippen LogP contribution < -0.4 is 4.72 Å². The van der Waals surface area contributed by atoms with E-state index in [4.69, 9.17) is 10.7 Å². The highest BCUT2D eigenvalue weighted by molar-refractivity contribution is 8.12. The van der Waals surface area contributed by atoms with Crippen molar-refractivity contribution in [3.8, 4) is 0 Å². The van der Waals surface area contributed by atoms with E-state index >= 15 is 0 Å². The largest absolute Gasteiger partial charge is 0.580 e. The van der Waals surface area contributed by atoms with Gasteiger partial charge in [-0.3, -0.25) is 0 Å².